The fourth-order valence-electron chi connectivity index (χ4n) is 3.58. The number of anilines is 2. The highest BCUT2D eigenvalue weighted by Crippen LogP contribution is 2.34. The second-order valence-corrected chi connectivity index (χ2v) is 6.85. The summed E-state index contributed by atoms with van der Waals surface area (Å²) in [5.74, 6) is 1.81. The van der Waals surface area contributed by atoms with Crippen LogP contribution < -0.4 is 15.8 Å². The Labute approximate surface area is 153 Å². The van der Waals surface area contributed by atoms with Crippen LogP contribution in [0.25, 0.3) is 10.8 Å². The molecule has 26 heavy (non-hydrogen) atoms. The Hall–Kier alpha value is -2.82. The third-order valence-electron chi connectivity index (χ3n) is 5.00. The Bertz CT molecular complexity index is 883. The third-order valence-corrected chi connectivity index (χ3v) is 5.00. The smallest absolute Gasteiger partial charge is 0.248 e. The van der Waals surface area contributed by atoms with Crippen molar-refractivity contribution in [3.63, 3.8) is 0 Å². The summed E-state index contributed by atoms with van der Waals surface area (Å²) in [5, 5.41) is 5.65. The molecular formula is C21H24N4O. The van der Waals surface area contributed by atoms with Crippen molar-refractivity contribution in [3.8, 4) is 11.6 Å². The van der Waals surface area contributed by atoms with Crippen LogP contribution in [0.3, 0.4) is 0 Å². The summed E-state index contributed by atoms with van der Waals surface area (Å²) >= 11 is 0. The first-order chi connectivity index (χ1) is 12.8. The van der Waals surface area contributed by atoms with Gasteiger partial charge in [0, 0.05) is 11.4 Å². The van der Waals surface area contributed by atoms with Gasteiger partial charge in [0.15, 0.2) is 5.82 Å². The molecule has 0 bridgehead atoms. The summed E-state index contributed by atoms with van der Waals surface area (Å²) < 4.78 is 6.06. The largest absolute Gasteiger partial charge is 0.436 e. The van der Waals surface area contributed by atoms with Crippen molar-refractivity contribution in [1.82, 2.24) is 9.97 Å². The van der Waals surface area contributed by atoms with Crippen LogP contribution in [0.4, 0.5) is 11.5 Å². The van der Waals surface area contributed by atoms with Gasteiger partial charge >= 0.3 is 0 Å². The van der Waals surface area contributed by atoms with Gasteiger partial charge in [0.05, 0.1) is 0 Å². The zero-order valence-electron chi connectivity index (χ0n) is 14.8. The number of rotatable bonds is 4. The Morgan fingerprint density at radius 3 is 2.54 bits per heavy atom. The number of fused-ring (bicyclic) bond motifs is 1. The van der Waals surface area contributed by atoms with Crippen molar-refractivity contribution >= 4 is 22.3 Å². The van der Waals surface area contributed by atoms with E-state index in [1.807, 2.05) is 30.3 Å². The molecule has 0 unspecified atom stereocenters. The molecule has 0 atom stereocenters. The Kier molecular flexibility index (Phi) is 4.86. The maximum Gasteiger partial charge on any atom is 0.248 e. The molecule has 0 spiro atoms. The van der Waals surface area contributed by atoms with E-state index in [1.54, 1.807) is 0 Å². The average molecular weight is 348 g/mol. The summed E-state index contributed by atoms with van der Waals surface area (Å²) in [7, 11) is 0. The predicted molar refractivity (Wildman–Crippen MR) is 106 cm³/mol. The lowest BCUT2D eigenvalue weighted by atomic mass is 10.1. The van der Waals surface area contributed by atoms with E-state index in [1.165, 1.54) is 32.0 Å². The number of hydrogen-bond acceptors (Lipinski definition) is 5. The summed E-state index contributed by atoms with van der Waals surface area (Å²) in [6, 6.07) is 14.5. The first-order valence-electron chi connectivity index (χ1n) is 9.34. The first kappa shape index (κ1) is 16.6. The molecule has 0 saturated heterocycles. The summed E-state index contributed by atoms with van der Waals surface area (Å²) in [5.41, 5.74) is 6.78. The molecule has 1 saturated carbocycles. The zero-order chi connectivity index (χ0) is 17.8. The van der Waals surface area contributed by atoms with Crippen molar-refractivity contribution in [2.45, 2.75) is 44.6 Å². The first-order valence-corrected chi connectivity index (χ1v) is 9.34. The molecule has 0 aliphatic heterocycles. The van der Waals surface area contributed by atoms with Crippen LogP contribution in [-0.4, -0.2) is 16.0 Å². The fourth-order valence-corrected chi connectivity index (χ4v) is 3.58. The van der Waals surface area contributed by atoms with Gasteiger partial charge in [-0.2, -0.15) is 4.98 Å². The lowest BCUT2D eigenvalue weighted by Gasteiger charge is -2.19. The van der Waals surface area contributed by atoms with E-state index in [9.17, 15) is 0 Å². The normalized spacial score (nSPS) is 15.5. The van der Waals surface area contributed by atoms with Gasteiger partial charge in [-0.25, -0.2) is 4.98 Å². The Balaban J connectivity index is 1.59. The maximum absolute atomic E-state index is 6.32. The number of aromatic nitrogens is 2. The molecule has 4 rings (SSSR count). The topological polar surface area (TPSA) is 73.1 Å². The average Bonchev–Trinajstić information content (AvgIpc) is 2.94. The van der Waals surface area contributed by atoms with Crippen molar-refractivity contribution in [2.75, 3.05) is 11.1 Å². The third kappa shape index (κ3) is 3.57. The van der Waals surface area contributed by atoms with Crippen molar-refractivity contribution in [3.05, 3.63) is 48.8 Å². The van der Waals surface area contributed by atoms with Gasteiger partial charge in [0.1, 0.15) is 17.8 Å². The highest BCUT2D eigenvalue weighted by atomic mass is 16.5. The fraction of sp³-hybridized carbons (Fsp3) is 0.333. The van der Waals surface area contributed by atoms with Gasteiger partial charge in [0.25, 0.3) is 0 Å². The molecule has 1 fully saturated rings. The van der Waals surface area contributed by atoms with Crippen LogP contribution in [-0.2, 0) is 0 Å². The molecular weight excluding hydrogens is 324 g/mol. The van der Waals surface area contributed by atoms with Crippen LogP contribution in [0.15, 0.2) is 48.8 Å². The molecule has 134 valence electrons. The predicted octanol–water partition coefficient (Wildman–Crippen LogP) is 5.14. The van der Waals surface area contributed by atoms with E-state index in [2.05, 4.69) is 27.4 Å². The van der Waals surface area contributed by atoms with E-state index in [0.717, 1.165) is 29.4 Å². The second kappa shape index (κ2) is 7.60. The van der Waals surface area contributed by atoms with Crippen molar-refractivity contribution in [1.29, 1.82) is 0 Å². The molecule has 2 aromatic carbocycles. The number of ether oxygens (including phenoxy) is 1. The number of nitrogens with two attached hydrogens (primary N) is 1. The van der Waals surface area contributed by atoms with Gasteiger partial charge in [-0.1, -0.05) is 62.1 Å². The highest BCUT2D eigenvalue weighted by molar-refractivity contribution is 5.88. The summed E-state index contributed by atoms with van der Waals surface area (Å²) in [4.78, 5) is 8.59. The molecule has 1 aliphatic carbocycles. The number of benzene rings is 2. The van der Waals surface area contributed by atoms with Gasteiger partial charge in [-0.05, 0) is 24.3 Å². The van der Waals surface area contributed by atoms with Gasteiger partial charge < -0.3 is 15.8 Å². The van der Waals surface area contributed by atoms with E-state index < -0.39 is 0 Å². The molecule has 1 aromatic heterocycles. The SMILES string of the molecule is Nc1c(NC2CCCCCC2)ncnc1Oc1cccc2ccccc12. The Morgan fingerprint density at radius 2 is 1.69 bits per heavy atom. The van der Waals surface area contributed by atoms with Crippen LogP contribution in [0.2, 0.25) is 0 Å². The van der Waals surface area contributed by atoms with Gasteiger partial charge in [-0.15, -0.1) is 0 Å². The molecule has 5 nitrogen and oxygen atoms in total. The maximum atomic E-state index is 6.32. The minimum atomic E-state index is 0.396. The lowest BCUT2D eigenvalue weighted by molar-refractivity contribution is 0.469. The second-order valence-electron chi connectivity index (χ2n) is 6.85. The Morgan fingerprint density at radius 1 is 0.923 bits per heavy atom. The van der Waals surface area contributed by atoms with E-state index in [0.29, 0.717) is 23.4 Å². The van der Waals surface area contributed by atoms with Crippen LogP contribution in [0.5, 0.6) is 11.6 Å². The summed E-state index contributed by atoms with van der Waals surface area (Å²) in [6.07, 6.45) is 8.95. The zero-order valence-corrected chi connectivity index (χ0v) is 14.8. The minimum Gasteiger partial charge on any atom is -0.436 e. The van der Waals surface area contributed by atoms with Crippen LogP contribution in [0, 0.1) is 0 Å². The van der Waals surface area contributed by atoms with Crippen molar-refractivity contribution in [2.24, 2.45) is 0 Å². The quantitative estimate of drug-likeness (QED) is 0.639. The molecule has 1 heterocycles. The van der Waals surface area contributed by atoms with E-state index in [-0.39, 0.29) is 0 Å². The highest BCUT2D eigenvalue weighted by Gasteiger charge is 2.17. The molecule has 3 N–H and O–H groups in total. The number of hydrogen-bond donors (Lipinski definition) is 2. The van der Waals surface area contributed by atoms with E-state index >= 15 is 0 Å². The van der Waals surface area contributed by atoms with Crippen molar-refractivity contribution < 1.29 is 4.74 Å². The molecule has 5 heteroatoms. The van der Waals surface area contributed by atoms with Crippen LogP contribution in [0.1, 0.15) is 38.5 Å². The lowest BCUT2D eigenvalue weighted by Crippen LogP contribution is -2.20. The number of nitrogens with zero attached hydrogens (tertiary/aromatic N) is 2. The molecule has 1 aliphatic rings. The summed E-state index contributed by atoms with van der Waals surface area (Å²) in [6.45, 7) is 0. The number of nitrogens with one attached hydrogen (secondary N) is 1. The van der Waals surface area contributed by atoms with Gasteiger partial charge in [0.2, 0.25) is 5.88 Å². The molecule has 0 radical (unpaired) electrons. The standard InChI is InChI=1S/C21H24N4O/c22-19-20(25-16-10-3-1-2-4-11-16)23-14-24-21(19)26-18-13-7-9-15-8-5-6-12-17(15)18/h5-9,12-14,16H,1-4,10-11,22H2,(H,23,24,25). The molecule has 3 aromatic rings. The van der Waals surface area contributed by atoms with Gasteiger partial charge in [-0.3, -0.25) is 0 Å². The monoisotopic (exact) mass is 348 g/mol. The molecule has 0 amide bonds. The minimum absolute atomic E-state index is 0.396. The van der Waals surface area contributed by atoms with Crippen LogP contribution >= 0.6 is 0 Å². The number of nitrogen functional groups attached to an aromatic ring is 1. The van der Waals surface area contributed by atoms with E-state index in [4.69, 9.17) is 10.5 Å².